The number of methoxy groups -OCH3 is 1. The quantitative estimate of drug-likeness (QED) is 0.808. The molecule has 0 radical (unpaired) electrons. The van der Waals surface area contributed by atoms with Crippen molar-refractivity contribution < 1.29 is 13.9 Å². The number of ether oxygens (including phenoxy) is 1. The van der Waals surface area contributed by atoms with E-state index in [9.17, 15) is 9.18 Å². The van der Waals surface area contributed by atoms with Crippen molar-refractivity contribution in [2.24, 2.45) is 5.73 Å². The number of rotatable bonds is 4. The van der Waals surface area contributed by atoms with Crippen LogP contribution in [0.4, 0.5) is 4.39 Å². The van der Waals surface area contributed by atoms with Crippen LogP contribution in [0.5, 0.6) is 0 Å². The minimum atomic E-state index is -0.666. The Balaban J connectivity index is 3.07. The molecule has 1 aromatic heterocycles. The van der Waals surface area contributed by atoms with Gasteiger partial charge in [-0.15, -0.1) is 0 Å². The van der Waals surface area contributed by atoms with Gasteiger partial charge >= 0.3 is 5.97 Å². The smallest absolute Gasteiger partial charge is 0.306 e. The predicted octanol–water partition coefficient (Wildman–Crippen LogP) is 1.39. The molecule has 5 heteroatoms. The molecular formula is C12H17FN2O2. The van der Waals surface area contributed by atoms with Crippen molar-refractivity contribution in [3.05, 3.63) is 29.8 Å². The number of carbonyl (C=O) groups is 1. The highest BCUT2D eigenvalue weighted by Gasteiger charge is 2.35. The summed E-state index contributed by atoms with van der Waals surface area (Å²) in [5.41, 5.74) is 5.82. The van der Waals surface area contributed by atoms with Crippen LogP contribution in [0.1, 0.15) is 26.0 Å². The van der Waals surface area contributed by atoms with Gasteiger partial charge in [-0.25, -0.2) is 4.39 Å². The average molecular weight is 240 g/mol. The summed E-state index contributed by atoms with van der Waals surface area (Å²) in [6, 6.07) is 2.54. The third-order valence-corrected chi connectivity index (χ3v) is 3.06. The van der Waals surface area contributed by atoms with E-state index in [0.717, 1.165) is 6.20 Å². The normalized spacial score (nSPS) is 16.1. The van der Waals surface area contributed by atoms with Crippen molar-refractivity contribution in [3.8, 4) is 0 Å². The molecule has 1 aromatic rings. The van der Waals surface area contributed by atoms with Crippen LogP contribution in [-0.2, 0) is 14.9 Å². The second-order valence-electron chi connectivity index (χ2n) is 4.32. The maximum Gasteiger partial charge on any atom is 0.306 e. The Morgan fingerprint density at radius 3 is 2.71 bits per heavy atom. The van der Waals surface area contributed by atoms with Gasteiger partial charge in [-0.3, -0.25) is 9.78 Å². The van der Waals surface area contributed by atoms with Gasteiger partial charge in [0, 0.05) is 17.2 Å². The molecule has 0 saturated carbocycles. The monoisotopic (exact) mass is 240 g/mol. The predicted molar refractivity (Wildman–Crippen MR) is 61.8 cm³/mol. The summed E-state index contributed by atoms with van der Waals surface area (Å²) < 4.78 is 17.5. The van der Waals surface area contributed by atoms with Gasteiger partial charge < -0.3 is 10.5 Å². The van der Waals surface area contributed by atoms with Crippen LogP contribution < -0.4 is 5.73 Å². The molecule has 17 heavy (non-hydrogen) atoms. The van der Waals surface area contributed by atoms with Crippen LogP contribution in [0.15, 0.2) is 18.3 Å². The lowest BCUT2D eigenvalue weighted by molar-refractivity contribution is -0.142. The second kappa shape index (κ2) is 5.23. The number of hydrogen-bond acceptors (Lipinski definition) is 4. The summed E-state index contributed by atoms with van der Waals surface area (Å²) in [6.45, 7) is 3.60. The zero-order valence-corrected chi connectivity index (χ0v) is 10.2. The first kappa shape index (κ1) is 13.6. The molecule has 1 rings (SSSR count). The minimum Gasteiger partial charge on any atom is -0.469 e. The van der Waals surface area contributed by atoms with Crippen LogP contribution in [0.2, 0.25) is 0 Å². The topological polar surface area (TPSA) is 65.2 Å². The fourth-order valence-electron chi connectivity index (χ4n) is 1.57. The summed E-state index contributed by atoms with van der Waals surface area (Å²) in [5, 5.41) is 0. The molecule has 0 amide bonds. The minimum absolute atomic E-state index is 0.111. The lowest BCUT2D eigenvalue weighted by atomic mass is 9.77. The van der Waals surface area contributed by atoms with Crippen molar-refractivity contribution in [2.75, 3.05) is 7.11 Å². The summed E-state index contributed by atoms with van der Waals surface area (Å²) in [7, 11) is 1.32. The van der Waals surface area contributed by atoms with E-state index in [-0.39, 0.29) is 18.4 Å². The third-order valence-electron chi connectivity index (χ3n) is 3.06. The molecule has 0 bridgehead atoms. The molecule has 0 aliphatic heterocycles. The Hall–Kier alpha value is -1.49. The van der Waals surface area contributed by atoms with Gasteiger partial charge in [0.25, 0.3) is 0 Å². The maximum absolute atomic E-state index is 12.8. The maximum atomic E-state index is 12.8. The molecule has 0 aliphatic carbocycles. The molecule has 2 N–H and O–H groups in total. The van der Waals surface area contributed by atoms with Gasteiger partial charge in [-0.05, 0) is 19.1 Å². The van der Waals surface area contributed by atoms with Gasteiger partial charge in [-0.1, -0.05) is 6.92 Å². The first-order chi connectivity index (χ1) is 7.90. The number of carbonyl (C=O) groups excluding carboxylic acids is 1. The Morgan fingerprint density at radius 1 is 1.65 bits per heavy atom. The van der Waals surface area contributed by atoms with E-state index < -0.39 is 11.2 Å². The van der Waals surface area contributed by atoms with Gasteiger partial charge in [0.15, 0.2) is 0 Å². The Bertz CT molecular complexity index is 392. The van der Waals surface area contributed by atoms with Crippen LogP contribution in [-0.4, -0.2) is 24.1 Å². The molecule has 94 valence electrons. The van der Waals surface area contributed by atoms with Crippen molar-refractivity contribution >= 4 is 5.97 Å². The van der Waals surface area contributed by atoms with Gasteiger partial charge in [-0.2, -0.15) is 0 Å². The highest BCUT2D eigenvalue weighted by Crippen LogP contribution is 2.29. The van der Waals surface area contributed by atoms with Crippen molar-refractivity contribution in [1.29, 1.82) is 0 Å². The Kier molecular flexibility index (Phi) is 4.17. The lowest BCUT2D eigenvalue weighted by Gasteiger charge is -2.31. The summed E-state index contributed by atoms with van der Waals surface area (Å²) >= 11 is 0. The molecule has 0 fully saturated rings. The van der Waals surface area contributed by atoms with Crippen LogP contribution in [0, 0.1) is 5.82 Å². The fourth-order valence-corrected chi connectivity index (χ4v) is 1.57. The summed E-state index contributed by atoms with van der Waals surface area (Å²) in [6.07, 6.45) is 1.23. The second-order valence-corrected chi connectivity index (χ2v) is 4.32. The number of nitrogens with zero attached hydrogens (tertiary/aromatic N) is 1. The van der Waals surface area contributed by atoms with Gasteiger partial charge in [0.2, 0.25) is 0 Å². The number of esters is 1. The van der Waals surface area contributed by atoms with E-state index in [2.05, 4.69) is 9.72 Å². The number of pyridine rings is 1. The third kappa shape index (κ3) is 3.00. The lowest BCUT2D eigenvalue weighted by Crippen LogP contribution is -2.43. The van der Waals surface area contributed by atoms with Crippen molar-refractivity contribution in [3.63, 3.8) is 0 Å². The van der Waals surface area contributed by atoms with E-state index in [1.54, 1.807) is 13.0 Å². The van der Waals surface area contributed by atoms with Crippen LogP contribution >= 0.6 is 0 Å². The van der Waals surface area contributed by atoms with E-state index in [4.69, 9.17) is 5.73 Å². The van der Waals surface area contributed by atoms with Crippen molar-refractivity contribution in [2.45, 2.75) is 31.7 Å². The molecule has 4 nitrogen and oxygen atoms in total. The number of nitrogens with two attached hydrogens (primary N) is 1. The van der Waals surface area contributed by atoms with Crippen LogP contribution in [0.25, 0.3) is 0 Å². The number of aromatic nitrogens is 1. The zero-order chi connectivity index (χ0) is 13.1. The van der Waals surface area contributed by atoms with E-state index in [0.29, 0.717) is 5.69 Å². The average Bonchev–Trinajstić information content (AvgIpc) is 2.29. The molecule has 0 spiro atoms. The van der Waals surface area contributed by atoms with Crippen LogP contribution in [0.3, 0.4) is 0 Å². The van der Waals surface area contributed by atoms with Crippen molar-refractivity contribution in [1.82, 2.24) is 4.98 Å². The molecule has 0 aromatic carbocycles. The highest BCUT2D eigenvalue weighted by molar-refractivity contribution is 5.71. The molecule has 2 atom stereocenters. The Morgan fingerprint density at radius 2 is 2.29 bits per heavy atom. The number of halogens is 1. The molecular weight excluding hydrogens is 223 g/mol. The van der Waals surface area contributed by atoms with E-state index in [1.807, 2.05) is 6.92 Å². The fraction of sp³-hybridized carbons (Fsp3) is 0.500. The standard InChI is InChI=1S/C12H17FN2O2/c1-8(14)12(2,6-11(16)17-3)10-5-4-9(13)7-15-10/h4-5,7-8H,6,14H2,1-3H3. The largest absolute Gasteiger partial charge is 0.469 e. The van der Waals surface area contributed by atoms with E-state index >= 15 is 0 Å². The highest BCUT2D eigenvalue weighted by atomic mass is 19.1. The molecule has 0 aliphatic rings. The van der Waals surface area contributed by atoms with Gasteiger partial charge in [0.05, 0.1) is 19.7 Å². The first-order valence-corrected chi connectivity index (χ1v) is 5.34. The molecule has 1 heterocycles. The molecule has 2 unspecified atom stereocenters. The summed E-state index contributed by atoms with van der Waals surface area (Å²) in [5.74, 6) is -0.783. The van der Waals surface area contributed by atoms with E-state index in [1.165, 1.54) is 13.2 Å². The number of hydrogen-bond donors (Lipinski definition) is 1. The Labute approximate surface area is 100.0 Å². The first-order valence-electron chi connectivity index (χ1n) is 5.34. The van der Waals surface area contributed by atoms with Gasteiger partial charge in [0.1, 0.15) is 5.82 Å². The summed E-state index contributed by atoms with van der Waals surface area (Å²) in [4.78, 5) is 15.4. The molecule has 0 saturated heterocycles. The zero-order valence-electron chi connectivity index (χ0n) is 10.2. The SMILES string of the molecule is COC(=O)CC(C)(c1ccc(F)cn1)C(C)N.